The van der Waals surface area contributed by atoms with Gasteiger partial charge in [-0.3, -0.25) is 19.3 Å². The van der Waals surface area contributed by atoms with Gasteiger partial charge in [-0.25, -0.2) is 4.79 Å². The van der Waals surface area contributed by atoms with Crippen LogP contribution in [0.15, 0.2) is 54.0 Å². The van der Waals surface area contributed by atoms with E-state index in [0.29, 0.717) is 28.8 Å². The average molecular weight is 517 g/mol. The second-order valence-electron chi connectivity index (χ2n) is 6.98. The molecule has 0 saturated carbocycles. The zero-order chi connectivity index (χ0) is 25.5. The standard InChI is InChI=1S/C24H21ClN2O7S/c1-4-10-34-21-14(6-5-7-18(21)32-2)11-19-22(29)27(24(31)35-19)13-20(28)26-15-8-9-17(25)16(12-15)23(30)33-3/h4-9,11-12H,1,10,13H2,2-3H3,(H,26,28)/b19-11-. The quantitative estimate of drug-likeness (QED) is 0.297. The Morgan fingerprint density at radius 3 is 2.66 bits per heavy atom. The molecule has 0 radical (unpaired) electrons. The fraction of sp³-hybridized carbons (Fsp3) is 0.167. The summed E-state index contributed by atoms with van der Waals surface area (Å²) in [6.45, 7) is 3.31. The Kier molecular flexibility index (Phi) is 8.56. The summed E-state index contributed by atoms with van der Waals surface area (Å²) in [5.74, 6) is -1.09. The highest BCUT2D eigenvalue weighted by Crippen LogP contribution is 2.37. The molecule has 2 aromatic rings. The number of benzene rings is 2. The number of methoxy groups -OCH3 is 2. The summed E-state index contributed by atoms with van der Waals surface area (Å²) >= 11 is 6.69. The van der Waals surface area contributed by atoms with Crippen LogP contribution < -0.4 is 14.8 Å². The van der Waals surface area contributed by atoms with Crippen molar-refractivity contribution in [3.63, 3.8) is 0 Å². The number of carbonyl (C=O) groups is 4. The number of anilines is 1. The molecule has 11 heteroatoms. The maximum Gasteiger partial charge on any atom is 0.339 e. The normalized spacial score (nSPS) is 14.1. The second kappa shape index (κ2) is 11.6. The molecule has 0 unspecified atom stereocenters. The molecule has 182 valence electrons. The zero-order valence-electron chi connectivity index (χ0n) is 18.8. The second-order valence-corrected chi connectivity index (χ2v) is 8.38. The Hall–Kier alpha value is -3.76. The summed E-state index contributed by atoms with van der Waals surface area (Å²) in [5, 5.41) is 2.10. The third-order valence-corrected chi connectivity index (χ3v) is 5.93. The molecule has 1 aliphatic heterocycles. The van der Waals surface area contributed by atoms with Crippen LogP contribution in [-0.2, 0) is 14.3 Å². The lowest BCUT2D eigenvalue weighted by atomic mass is 10.1. The molecule has 0 spiro atoms. The number of hydrogen-bond donors (Lipinski definition) is 1. The Bertz CT molecular complexity index is 1230. The molecule has 0 atom stereocenters. The van der Waals surface area contributed by atoms with E-state index >= 15 is 0 Å². The molecule has 1 N–H and O–H groups in total. The van der Waals surface area contributed by atoms with Gasteiger partial charge in [0, 0.05) is 11.3 Å². The van der Waals surface area contributed by atoms with Crippen LogP contribution in [0.4, 0.5) is 10.5 Å². The van der Waals surface area contributed by atoms with Crippen LogP contribution in [0.2, 0.25) is 5.02 Å². The number of carbonyl (C=O) groups excluding carboxylic acids is 4. The summed E-state index contributed by atoms with van der Waals surface area (Å²) in [6.07, 6.45) is 3.07. The van der Waals surface area contributed by atoms with Crippen molar-refractivity contribution >= 4 is 58.1 Å². The molecule has 0 aliphatic carbocycles. The van der Waals surface area contributed by atoms with Crippen molar-refractivity contribution in [3.8, 4) is 11.5 Å². The highest BCUT2D eigenvalue weighted by Gasteiger charge is 2.36. The Balaban J connectivity index is 1.76. The van der Waals surface area contributed by atoms with Crippen molar-refractivity contribution in [1.29, 1.82) is 0 Å². The van der Waals surface area contributed by atoms with E-state index in [-0.39, 0.29) is 27.8 Å². The van der Waals surface area contributed by atoms with Crippen LogP contribution in [0.5, 0.6) is 11.5 Å². The minimum Gasteiger partial charge on any atom is -0.493 e. The van der Waals surface area contributed by atoms with E-state index in [0.717, 1.165) is 4.90 Å². The van der Waals surface area contributed by atoms with Crippen molar-refractivity contribution in [2.24, 2.45) is 0 Å². The Morgan fingerprint density at radius 1 is 1.20 bits per heavy atom. The van der Waals surface area contributed by atoms with E-state index in [1.807, 2.05) is 0 Å². The number of thioether (sulfide) groups is 1. The molecule has 1 fully saturated rings. The van der Waals surface area contributed by atoms with Crippen LogP contribution in [0, 0.1) is 0 Å². The van der Waals surface area contributed by atoms with Crippen molar-refractivity contribution in [1.82, 2.24) is 4.90 Å². The van der Waals surface area contributed by atoms with Gasteiger partial charge < -0.3 is 19.5 Å². The number of esters is 1. The van der Waals surface area contributed by atoms with Gasteiger partial charge in [0.2, 0.25) is 5.91 Å². The van der Waals surface area contributed by atoms with Crippen molar-refractivity contribution in [3.05, 3.63) is 70.1 Å². The van der Waals surface area contributed by atoms with Gasteiger partial charge in [0.05, 0.1) is 29.7 Å². The monoisotopic (exact) mass is 516 g/mol. The van der Waals surface area contributed by atoms with Gasteiger partial charge >= 0.3 is 5.97 Å². The van der Waals surface area contributed by atoms with Gasteiger partial charge in [0.15, 0.2) is 11.5 Å². The zero-order valence-corrected chi connectivity index (χ0v) is 20.4. The molecular formula is C24H21ClN2O7S. The van der Waals surface area contributed by atoms with Gasteiger partial charge in [-0.15, -0.1) is 0 Å². The fourth-order valence-corrected chi connectivity index (χ4v) is 4.12. The minimum atomic E-state index is -0.670. The lowest BCUT2D eigenvalue weighted by molar-refractivity contribution is -0.127. The first kappa shape index (κ1) is 25.9. The number of nitrogens with one attached hydrogen (secondary N) is 1. The summed E-state index contributed by atoms with van der Waals surface area (Å²) < 4.78 is 15.6. The molecule has 0 bridgehead atoms. The number of hydrogen-bond acceptors (Lipinski definition) is 8. The van der Waals surface area contributed by atoms with Crippen molar-refractivity contribution in [2.75, 3.05) is 32.7 Å². The predicted molar refractivity (Wildman–Crippen MR) is 133 cm³/mol. The number of ether oxygens (including phenoxy) is 3. The maximum absolute atomic E-state index is 12.9. The van der Waals surface area contributed by atoms with Gasteiger partial charge in [-0.1, -0.05) is 36.4 Å². The highest BCUT2D eigenvalue weighted by molar-refractivity contribution is 8.18. The predicted octanol–water partition coefficient (Wildman–Crippen LogP) is 4.38. The number of halogens is 1. The molecule has 9 nitrogen and oxygen atoms in total. The van der Waals surface area contributed by atoms with Crippen LogP contribution in [0.25, 0.3) is 6.08 Å². The molecule has 35 heavy (non-hydrogen) atoms. The molecule has 1 aliphatic rings. The van der Waals surface area contributed by atoms with Crippen molar-refractivity contribution in [2.45, 2.75) is 0 Å². The Morgan fingerprint density at radius 2 is 1.97 bits per heavy atom. The maximum atomic E-state index is 12.9. The summed E-state index contributed by atoms with van der Waals surface area (Å²) in [5.41, 5.74) is 0.842. The molecular weight excluding hydrogens is 496 g/mol. The minimum absolute atomic E-state index is 0.0637. The Labute approximate surface area is 210 Å². The molecule has 2 aromatic carbocycles. The third kappa shape index (κ3) is 6.03. The van der Waals surface area contributed by atoms with Crippen molar-refractivity contribution < 1.29 is 33.4 Å². The van der Waals surface area contributed by atoms with Gasteiger partial charge in [0.25, 0.3) is 11.1 Å². The lowest BCUT2D eigenvalue weighted by Gasteiger charge is -2.13. The SMILES string of the molecule is C=CCOc1c(/C=C2\SC(=O)N(CC(=O)Nc3ccc(Cl)c(C(=O)OC)c3)C2=O)cccc1OC. The first-order chi connectivity index (χ1) is 16.8. The van der Waals surface area contributed by atoms with E-state index in [9.17, 15) is 19.2 Å². The van der Waals surface area contributed by atoms with Gasteiger partial charge in [0.1, 0.15) is 13.2 Å². The van der Waals surface area contributed by atoms with Gasteiger partial charge in [-0.05, 0) is 42.1 Å². The number of amides is 3. The van der Waals surface area contributed by atoms with Gasteiger partial charge in [-0.2, -0.15) is 0 Å². The molecule has 3 rings (SSSR count). The van der Waals surface area contributed by atoms with E-state index in [4.69, 9.17) is 21.1 Å². The van der Waals surface area contributed by atoms with Crippen LogP contribution in [0.3, 0.4) is 0 Å². The van der Waals surface area contributed by atoms with E-state index in [1.54, 1.807) is 24.3 Å². The fourth-order valence-electron chi connectivity index (χ4n) is 3.09. The smallest absolute Gasteiger partial charge is 0.339 e. The number of imide groups is 1. The van der Waals surface area contributed by atoms with E-state index in [2.05, 4.69) is 16.6 Å². The molecule has 0 aromatic heterocycles. The van der Waals surface area contributed by atoms with E-state index < -0.39 is 29.6 Å². The van der Waals surface area contributed by atoms with Crippen LogP contribution >= 0.6 is 23.4 Å². The summed E-state index contributed by atoms with van der Waals surface area (Å²) in [4.78, 5) is 50.6. The molecule has 3 amide bonds. The summed E-state index contributed by atoms with van der Waals surface area (Å²) in [6, 6.07) is 9.38. The highest BCUT2D eigenvalue weighted by atomic mass is 35.5. The average Bonchev–Trinajstić information content (AvgIpc) is 3.10. The first-order valence-corrected chi connectivity index (χ1v) is 11.3. The number of para-hydroxylation sites is 1. The van der Waals surface area contributed by atoms with Crippen LogP contribution in [-0.4, -0.2) is 55.3 Å². The summed E-state index contributed by atoms with van der Waals surface area (Å²) in [7, 11) is 2.69. The number of nitrogens with zero attached hydrogens (tertiary/aromatic N) is 1. The first-order valence-electron chi connectivity index (χ1n) is 10.1. The number of rotatable bonds is 9. The molecule has 1 heterocycles. The third-order valence-electron chi connectivity index (χ3n) is 4.69. The largest absolute Gasteiger partial charge is 0.493 e. The lowest BCUT2D eigenvalue weighted by Crippen LogP contribution is -2.36. The van der Waals surface area contributed by atoms with E-state index in [1.165, 1.54) is 38.5 Å². The topological polar surface area (TPSA) is 111 Å². The van der Waals surface area contributed by atoms with Crippen LogP contribution in [0.1, 0.15) is 15.9 Å². The molecule has 1 saturated heterocycles.